The Morgan fingerprint density at radius 1 is 0.354 bits per heavy atom. The molecule has 0 spiro atoms. The first-order valence-corrected chi connectivity index (χ1v) is 27.5. The van der Waals surface area contributed by atoms with Gasteiger partial charge in [-0.05, 0) is 24.3 Å². The third kappa shape index (κ3) is 17.7. The number of hydrogen-bond donors (Lipinski definition) is 6. The summed E-state index contributed by atoms with van der Waals surface area (Å²) in [5.74, 6) is -3.41. The lowest BCUT2D eigenvalue weighted by Crippen LogP contribution is -2.47. The lowest BCUT2D eigenvalue weighted by atomic mass is 9.93. The molecule has 0 aliphatic heterocycles. The van der Waals surface area contributed by atoms with Crippen molar-refractivity contribution in [3.63, 3.8) is 0 Å². The number of benzene rings is 4. The fourth-order valence-corrected chi connectivity index (χ4v) is 9.16. The van der Waals surface area contributed by atoms with Gasteiger partial charge in [-0.3, -0.25) is 0 Å². The van der Waals surface area contributed by atoms with Crippen LogP contribution in [0.2, 0.25) is 0 Å². The van der Waals surface area contributed by atoms with Crippen LogP contribution in [0.3, 0.4) is 0 Å². The molecule has 0 unspecified atom stereocenters. The molecule has 0 fully saturated rings. The minimum atomic E-state index is -6.98. The number of alkyl halides is 18. The van der Waals surface area contributed by atoms with E-state index in [2.05, 4.69) is 8.37 Å². The highest BCUT2D eigenvalue weighted by Crippen LogP contribution is 2.44. The minimum Gasteiger partial charge on any atom is -0.508 e. The molecule has 45 heteroatoms. The number of sulfonamides is 2. The van der Waals surface area contributed by atoms with Crippen molar-refractivity contribution >= 4 is 60.5 Å². The zero-order valence-electron chi connectivity index (χ0n) is 37.0. The van der Waals surface area contributed by atoms with Gasteiger partial charge in [0, 0.05) is 22.3 Å². The van der Waals surface area contributed by atoms with Crippen LogP contribution in [0.25, 0.3) is 0 Å². The molecule has 0 aliphatic rings. The molecule has 0 heterocycles. The summed E-state index contributed by atoms with van der Waals surface area (Å²) in [6.45, 7) is 0. The standard InChI is InChI=1S/C18H12F12N2O10S4.C14H16N2O2.C2F6O5S2/c19-15(20,21)43(33,34)31-13(9-5-1-3-7-11(9)41-45(37,38)17(25,26)27)14(32-44(35,36)16(22,23)24)10-6-2-4-8-12(10)42-46(39,40)18(28,29)30;15-13(9-5-1-3-7-11(9)17)14(16)10-6-2-4-8-12(10)18;3-1(4,5)14(9,10)13-15(11,12)2(6,7)8/h1-8,13-14,31-32H;1-8,13-14,17-18H,15-16H2;/t2*13-,14-;/m11./s1. The molecule has 0 aliphatic carbocycles. The highest BCUT2D eigenvalue weighted by Gasteiger charge is 2.58. The molecule has 4 aromatic rings. The summed E-state index contributed by atoms with van der Waals surface area (Å²) >= 11 is 0. The highest BCUT2D eigenvalue weighted by molar-refractivity contribution is 8.00. The predicted molar refractivity (Wildman–Crippen MR) is 227 cm³/mol. The molecule has 79 heavy (non-hydrogen) atoms. The summed E-state index contributed by atoms with van der Waals surface area (Å²) in [6.07, 6.45) is 0. The van der Waals surface area contributed by atoms with Crippen LogP contribution in [0, 0.1) is 0 Å². The predicted octanol–water partition coefficient (Wildman–Crippen LogP) is 6.30. The van der Waals surface area contributed by atoms with Crippen molar-refractivity contribution in [1.82, 2.24) is 9.44 Å². The second-order valence-corrected chi connectivity index (χ2v) is 23.9. The van der Waals surface area contributed by atoms with E-state index in [1.54, 1.807) is 48.5 Å². The van der Waals surface area contributed by atoms with Gasteiger partial charge in [0.25, 0.3) is 0 Å². The molecule has 8 N–H and O–H groups in total. The normalized spacial score (nSPS) is 15.2. The second-order valence-electron chi connectivity index (χ2n) is 14.2. The van der Waals surface area contributed by atoms with Crippen LogP contribution in [-0.2, 0) is 64.1 Å². The first-order chi connectivity index (χ1) is 35.2. The van der Waals surface area contributed by atoms with E-state index < -0.39 is 140 Å². The summed E-state index contributed by atoms with van der Waals surface area (Å²) in [4.78, 5) is 0. The summed E-state index contributed by atoms with van der Waals surface area (Å²) < 4.78 is 372. The van der Waals surface area contributed by atoms with E-state index in [0.29, 0.717) is 44.8 Å². The zero-order valence-corrected chi connectivity index (χ0v) is 41.9. The number of phenolic OH excluding ortho intramolecular Hbond substituents is 2. The van der Waals surface area contributed by atoms with Crippen LogP contribution < -0.4 is 29.3 Å². The topological polar surface area (TPSA) is 349 Å². The summed E-state index contributed by atoms with van der Waals surface area (Å²) in [5.41, 5.74) is -28.1. The van der Waals surface area contributed by atoms with E-state index in [1.807, 2.05) is 3.63 Å². The third-order valence-electron chi connectivity index (χ3n) is 8.71. The van der Waals surface area contributed by atoms with Crippen LogP contribution in [-0.4, -0.2) is 93.8 Å². The maximum Gasteiger partial charge on any atom is 0.534 e. The Bertz CT molecular complexity index is 3260. The quantitative estimate of drug-likeness (QED) is 0.0407. The van der Waals surface area contributed by atoms with Gasteiger partial charge in [-0.25, -0.2) is 16.8 Å². The first kappa shape index (κ1) is 69.4. The number of hydrogen-bond acceptors (Lipinski definition) is 19. The summed E-state index contributed by atoms with van der Waals surface area (Å²) in [7, 11) is -41.3. The van der Waals surface area contributed by atoms with Gasteiger partial charge >= 0.3 is 93.6 Å². The lowest BCUT2D eigenvalue weighted by Gasteiger charge is -2.31. The largest absolute Gasteiger partial charge is 0.534 e. The zero-order chi connectivity index (χ0) is 61.8. The van der Waals surface area contributed by atoms with Crippen LogP contribution in [0.1, 0.15) is 46.4 Å². The molecule has 0 amide bonds. The number of halogens is 18. The number of nitrogens with one attached hydrogen (secondary N) is 2. The molecule has 4 atom stereocenters. The van der Waals surface area contributed by atoms with E-state index in [0.717, 1.165) is 0 Å². The van der Waals surface area contributed by atoms with Gasteiger partial charge < -0.3 is 30.0 Å². The molecule has 0 aromatic heterocycles. The highest BCUT2D eigenvalue weighted by atomic mass is 32.3. The van der Waals surface area contributed by atoms with Gasteiger partial charge in [-0.1, -0.05) is 72.8 Å². The van der Waals surface area contributed by atoms with Crippen molar-refractivity contribution in [2.75, 3.05) is 0 Å². The maximum absolute atomic E-state index is 13.4. The smallest absolute Gasteiger partial charge is 0.508 e. The fourth-order valence-electron chi connectivity index (χ4n) is 5.17. The van der Waals surface area contributed by atoms with E-state index >= 15 is 0 Å². The molecular weight excluding hydrogens is 1270 g/mol. The lowest BCUT2D eigenvalue weighted by molar-refractivity contribution is -0.0587. The Kier molecular flexibility index (Phi) is 21.3. The van der Waals surface area contributed by atoms with Gasteiger partial charge in [0.1, 0.15) is 23.0 Å². The molecule has 0 saturated carbocycles. The van der Waals surface area contributed by atoms with Crippen molar-refractivity contribution < 1.29 is 152 Å². The van der Waals surface area contributed by atoms with Crippen molar-refractivity contribution in [2.24, 2.45) is 11.5 Å². The van der Waals surface area contributed by atoms with E-state index in [-0.39, 0.29) is 35.8 Å². The Balaban J connectivity index is 0.000000521. The van der Waals surface area contributed by atoms with Crippen molar-refractivity contribution in [1.29, 1.82) is 0 Å². The molecule has 448 valence electrons. The fraction of sp³-hybridized carbons (Fsp3) is 0.294. The van der Waals surface area contributed by atoms with E-state index in [1.165, 1.54) is 0 Å². The molecular formula is C34H28F18N4O17S6. The molecule has 4 aromatic carbocycles. The van der Waals surface area contributed by atoms with Gasteiger partial charge in [-0.15, -0.1) is 3.63 Å². The molecule has 0 saturated heterocycles. The maximum atomic E-state index is 13.4. The molecule has 0 bridgehead atoms. The summed E-state index contributed by atoms with van der Waals surface area (Å²) in [6, 6.07) is 8.55. The number of aromatic hydroxyl groups is 2. The molecule has 0 radical (unpaired) electrons. The Morgan fingerprint density at radius 2 is 0.582 bits per heavy atom. The van der Waals surface area contributed by atoms with Gasteiger partial charge in [0.2, 0.25) is 0 Å². The van der Waals surface area contributed by atoms with Crippen molar-refractivity contribution in [3.8, 4) is 23.0 Å². The number of rotatable bonds is 16. The Morgan fingerprint density at radius 3 is 0.810 bits per heavy atom. The number of nitrogens with two attached hydrogens (primary N) is 2. The molecule has 21 nitrogen and oxygen atoms in total. The monoisotopic (exact) mass is 1300 g/mol. The Labute approximate surface area is 431 Å². The number of para-hydroxylation sites is 4. The van der Waals surface area contributed by atoms with Crippen LogP contribution in [0.15, 0.2) is 97.1 Å². The third-order valence-corrected chi connectivity index (χ3v) is 15.6. The minimum absolute atomic E-state index is 0.107. The molecule has 4 rings (SSSR count). The van der Waals surface area contributed by atoms with E-state index in [9.17, 15) is 140 Å². The van der Waals surface area contributed by atoms with Crippen LogP contribution in [0.5, 0.6) is 23.0 Å². The summed E-state index contributed by atoms with van der Waals surface area (Å²) in [5, 5.41) is 19.5. The van der Waals surface area contributed by atoms with Gasteiger partial charge in [-0.2, -0.15) is 122 Å². The van der Waals surface area contributed by atoms with Crippen molar-refractivity contribution in [2.45, 2.75) is 57.2 Å². The first-order valence-electron chi connectivity index (χ1n) is 18.9. The van der Waals surface area contributed by atoms with Crippen molar-refractivity contribution in [3.05, 3.63) is 119 Å². The average Bonchev–Trinajstić information content (AvgIpc) is 3.25. The van der Waals surface area contributed by atoms with Crippen LogP contribution >= 0.6 is 0 Å². The SMILES string of the molecule is N[C@H](c1ccccc1O)[C@H](N)c1ccccc1O.O=S(=O)(N[C@H](c1ccccc1OS(=O)(=O)C(F)(F)F)[C@H](NS(=O)(=O)C(F)(F)F)c1ccccc1OS(=O)(=O)C(F)(F)F)C(F)(F)F.O=S(=O)(OS(=O)(=O)C(F)(F)F)C(F)(F)F. The van der Waals surface area contributed by atoms with E-state index in [4.69, 9.17) is 11.5 Å². The Hall–Kier alpha value is -5.68. The average molecular weight is 1300 g/mol. The van der Waals surface area contributed by atoms with Gasteiger partial charge in [0.15, 0.2) is 0 Å². The van der Waals surface area contributed by atoms with Gasteiger partial charge in [0.05, 0.1) is 24.2 Å². The number of phenols is 2. The van der Waals surface area contributed by atoms with Crippen LogP contribution in [0.4, 0.5) is 79.0 Å². The second kappa shape index (κ2) is 24.2.